The fourth-order valence-corrected chi connectivity index (χ4v) is 2.62. The van der Waals surface area contributed by atoms with Gasteiger partial charge in [0.25, 0.3) is 5.91 Å². The van der Waals surface area contributed by atoms with Gasteiger partial charge < -0.3 is 10.6 Å². The Balaban J connectivity index is 1.54. The number of rotatable bonds is 6. The van der Waals surface area contributed by atoms with Gasteiger partial charge in [0.1, 0.15) is 5.69 Å². The van der Waals surface area contributed by atoms with E-state index in [0.717, 1.165) is 23.4 Å². The summed E-state index contributed by atoms with van der Waals surface area (Å²) >= 11 is 0. The fraction of sp³-hybridized carbons (Fsp3) is 0.182. The van der Waals surface area contributed by atoms with E-state index in [9.17, 15) is 4.79 Å². The first-order valence-electron chi connectivity index (χ1n) is 8.70. The normalized spacial score (nSPS) is 10.4. The van der Waals surface area contributed by atoms with E-state index in [1.54, 1.807) is 12.3 Å². The van der Waals surface area contributed by atoms with Crippen LogP contribution in [0.1, 0.15) is 32.7 Å². The maximum Gasteiger partial charge on any atom is 0.270 e. The van der Waals surface area contributed by atoms with E-state index in [2.05, 4.69) is 46.8 Å². The highest BCUT2D eigenvalue weighted by molar-refractivity contribution is 5.92. The van der Waals surface area contributed by atoms with Crippen LogP contribution in [0.3, 0.4) is 0 Å². The number of carbonyl (C=O) groups is 1. The second kappa shape index (κ2) is 8.30. The molecule has 3 aromatic rings. The van der Waals surface area contributed by atoms with Crippen molar-refractivity contribution < 1.29 is 4.79 Å². The number of aromatic nitrogens is 1. The molecule has 0 aliphatic rings. The van der Waals surface area contributed by atoms with Crippen LogP contribution in [-0.2, 0) is 13.1 Å². The van der Waals surface area contributed by atoms with Gasteiger partial charge in [-0.2, -0.15) is 0 Å². The van der Waals surface area contributed by atoms with Crippen molar-refractivity contribution in [1.29, 1.82) is 0 Å². The number of aryl methyl sites for hydroxylation is 2. The van der Waals surface area contributed by atoms with Gasteiger partial charge in [0.2, 0.25) is 0 Å². The summed E-state index contributed by atoms with van der Waals surface area (Å²) in [5.74, 6) is -0.168. The Hall–Kier alpha value is -3.14. The summed E-state index contributed by atoms with van der Waals surface area (Å²) in [6.45, 7) is 5.33. The van der Waals surface area contributed by atoms with Crippen LogP contribution in [-0.4, -0.2) is 10.9 Å². The highest BCUT2D eigenvalue weighted by Gasteiger charge is 2.07. The molecule has 4 heteroatoms. The zero-order valence-corrected chi connectivity index (χ0v) is 15.1. The van der Waals surface area contributed by atoms with Gasteiger partial charge in [-0.25, -0.2) is 4.98 Å². The summed E-state index contributed by atoms with van der Waals surface area (Å²) in [4.78, 5) is 16.5. The van der Waals surface area contributed by atoms with Crippen molar-refractivity contribution in [3.05, 3.63) is 94.8 Å². The first kappa shape index (κ1) is 17.7. The summed E-state index contributed by atoms with van der Waals surface area (Å²) in [6, 6.07) is 20.0. The molecule has 0 fully saturated rings. The summed E-state index contributed by atoms with van der Waals surface area (Å²) < 4.78 is 0. The molecular formula is C22H23N3O. The van der Waals surface area contributed by atoms with Gasteiger partial charge in [0.15, 0.2) is 0 Å². The monoisotopic (exact) mass is 345 g/mol. The van der Waals surface area contributed by atoms with Crippen molar-refractivity contribution in [1.82, 2.24) is 10.3 Å². The van der Waals surface area contributed by atoms with E-state index in [1.165, 1.54) is 11.1 Å². The SMILES string of the molecule is Cc1ccc(CNc2ccc(C(=O)NCc3ccccc3C)nc2)cc1. The van der Waals surface area contributed by atoms with Crippen LogP contribution in [0.15, 0.2) is 66.9 Å². The van der Waals surface area contributed by atoms with E-state index >= 15 is 0 Å². The number of amides is 1. The third-order valence-corrected chi connectivity index (χ3v) is 4.31. The molecule has 1 aromatic heterocycles. The van der Waals surface area contributed by atoms with Gasteiger partial charge in [-0.05, 0) is 42.7 Å². The Labute approximate surface area is 154 Å². The number of anilines is 1. The molecule has 0 saturated heterocycles. The molecule has 2 aromatic carbocycles. The van der Waals surface area contributed by atoms with Crippen molar-refractivity contribution >= 4 is 11.6 Å². The molecular weight excluding hydrogens is 322 g/mol. The maximum atomic E-state index is 12.3. The van der Waals surface area contributed by atoms with Gasteiger partial charge in [-0.1, -0.05) is 54.1 Å². The lowest BCUT2D eigenvalue weighted by Crippen LogP contribution is -2.24. The van der Waals surface area contributed by atoms with Crippen LogP contribution in [0.5, 0.6) is 0 Å². The molecule has 0 aliphatic carbocycles. The number of hydrogen-bond acceptors (Lipinski definition) is 3. The van der Waals surface area contributed by atoms with Gasteiger partial charge in [-0.3, -0.25) is 4.79 Å². The van der Waals surface area contributed by atoms with Gasteiger partial charge in [0, 0.05) is 13.1 Å². The van der Waals surface area contributed by atoms with Crippen LogP contribution in [0, 0.1) is 13.8 Å². The van der Waals surface area contributed by atoms with Crippen molar-refractivity contribution in [2.24, 2.45) is 0 Å². The predicted octanol–water partition coefficient (Wildman–Crippen LogP) is 4.24. The van der Waals surface area contributed by atoms with Gasteiger partial charge >= 0.3 is 0 Å². The minimum atomic E-state index is -0.168. The largest absolute Gasteiger partial charge is 0.380 e. The Bertz CT molecular complexity index is 871. The molecule has 0 spiro atoms. The third-order valence-electron chi connectivity index (χ3n) is 4.31. The summed E-state index contributed by atoms with van der Waals surface area (Å²) in [5, 5.41) is 6.23. The van der Waals surface area contributed by atoms with Crippen molar-refractivity contribution in [2.75, 3.05) is 5.32 Å². The van der Waals surface area contributed by atoms with Crippen molar-refractivity contribution in [3.8, 4) is 0 Å². The lowest BCUT2D eigenvalue weighted by atomic mass is 10.1. The molecule has 1 amide bonds. The standard InChI is InChI=1S/C22H23N3O/c1-16-7-9-18(10-8-16)13-23-20-11-12-21(24-15-20)22(26)25-14-19-6-4-3-5-17(19)2/h3-12,15,23H,13-14H2,1-2H3,(H,25,26). The highest BCUT2D eigenvalue weighted by Crippen LogP contribution is 2.11. The number of carbonyl (C=O) groups excluding carboxylic acids is 1. The maximum absolute atomic E-state index is 12.3. The Morgan fingerprint density at radius 2 is 1.69 bits per heavy atom. The fourth-order valence-electron chi connectivity index (χ4n) is 2.62. The minimum absolute atomic E-state index is 0.168. The van der Waals surface area contributed by atoms with E-state index in [0.29, 0.717) is 12.2 Å². The average Bonchev–Trinajstić information content (AvgIpc) is 2.67. The number of nitrogens with one attached hydrogen (secondary N) is 2. The molecule has 26 heavy (non-hydrogen) atoms. The molecule has 0 aliphatic heterocycles. The molecule has 0 unspecified atom stereocenters. The molecule has 3 rings (SSSR count). The van der Waals surface area contributed by atoms with Crippen LogP contribution < -0.4 is 10.6 Å². The first-order valence-corrected chi connectivity index (χ1v) is 8.70. The summed E-state index contributed by atoms with van der Waals surface area (Å²) in [6.07, 6.45) is 1.69. The van der Waals surface area contributed by atoms with E-state index in [4.69, 9.17) is 0 Å². The molecule has 0 atom stereocenters. The zero-order chi connectivity index (χ0) is 18.4. The smallest absolute Gasteiger partial charge is 0.270 e. The van der Waals surface area contributed by atoms with Crippen LogP contribution >= 0.6 is 0 Å². The number of pyridine rings is 1. The highest BCUT2D eigenvalue weighted by atomic mass is 16.1. The summed E-state index contributed by atoms with van der Waals surface area (Å²) in [7, 11) is 0. The topological polar surface area (TPSA) is 54.0 Å². The minimum Gasteiger partial charge on any atom is -0.380 e. The van der Waals surface area contributed by atoms with Gasteiger partial charge in [0.05, 0.1) is 11.9 Å². The Morgan fingerprint density at radius 1 is 0.923 bits per heavy atom. The molecule has 4 nitrogen and oxygen atoms in total. The average molecular weight is 345 g/mol. The van der Waals surface area contributed by atoms with Crippen LogP contribution in [0.2, 0.25) is 0 Å². The van der Waals surface area contributed by atoms with Crippen LogP contribution in [0.25, 0.3) is 0 Å². The van der Waals surface area contributed by atoms with E-state index < -0.39 is 0 Å². The molecule has 0 bridgehead atoms. The van der Waals surface area contributed by atoms with Crippen molar-refractivity contribution in [2.45, 2.75) is 26.9 Å². The third kappa shape index (κ3) is 4.70. The Kier molecular flexibility index (Phi) is 5.64. The lowest BCUT2D eigenvalue weighted by molar-refractivity contribution is 0.0946. The zero-order valence-electron chi connectivity index (χ0n) is 15.1. The molecule has 0 radical (unpaired) electrons. The quantitative estimate of drug-likeness (QED) is 0.702. The van der Waals surface area contributed by atoms with Crippen molar-refractivity contribution in [3.63, 3.8) is 0 Å². The lowest BCUT2D eigenvalue weighted by Gasteiger charge is -2.09. The number of benzene rings is 2. The van der Waals surface area contributed by atoms with E-state index in [-0.39, 0.29) is 5.91 Å². The second-order valence-corrected chi connectivity index (χ2v) is 6.38. The molecule has 2 N–H and O–H groups in total. The van der Waals surface area contributed by atoms with Crippen LogP contribution in [0.4, 0.5) is 5.69 Å². The predicted molar refractivity (Wildman–Crippen MR) is 105 cm³/mol. The molecule has 132 valence electrons. The van der Waals surface area contributed by atoms with Gasteiger partial charge in [-0.15, -0.1) is 0 Å². The molecule has 0 saturated carbocycles. The first-order chi connectivity index (χ1) is 12.6. The van der Waals surface area contributed by atoms with E-state index in [1.807, 2.05) is 37.3 Å². The second-order valence-electron chi connectivity index (χ2n) is 6.38. The number of hydrogen-bond donors (Lipinski definition) is 2. The number of nitrogens with zero attached hydrogens (tertiary/aromatic N) is 1. The Morgan fingerprint density at radius 3 is 2.38 bits per heavy atom. The molecule has 1 heterocycles. The summed E-state index contributed by atoms with van der Waals surface area (Å²) in [5.41, 5.74) is 6.03.